The SMILES string of the molecule is CCC(C(=O)Nc1nn(Cc2ccc(Cl)c(Cl)c2)cc1Cl)n1nc(C)c(Cl)c1C. The molecule has 0 fully saturated rings. The van der Waals surface area contributed by atoms with Crippen molar-refractivity contribution in [3.8, 4) is 0 Å². The summed E-state index contributed by atoms with van der Waals surface area (Å²) in [6, 6.07) is 4.80. The van der Waals surface area contributed by atoms with Gasteiger partial charge in [0.15, 0.2) is 5.82 Å². The van der Waals surface area contributed by atoms with Crippen LogP contribution in [0.4, 0.5) is 5.82 Å². The van der Waals surface area contributed by atoms with Crippen molar-refractivity contribution in [2.24, 2.45) is 0 Å². The topological polar surface area (TPSA) is 64.7 Å². The van der Waals surface area contributed by atoms with E-state index in [-0.39, 0.29) is 11.7 Å². The van der Waals surface area contributed by atoms with Gasteiger partial charge in [-0.3, -0.25) is 14.2 Å². The maximum absolute atomic E-state index is 12.9. The molecule has 1 unspecified atom stereocenters. The third-order valence-electron chi connectivity index (χ3n) is 4.51. The summed E-state index contributed by atoms with van der Waals surface area (Å²) < 4.78 is 3.26. The number of hydrogen-bond donors (Lipinski definition) is 1. The molecule has 1 N–H and O–H groups in total. The van der Waals surface area contributed by atoms with Gasteiger partial charge in [-0.2, -0.15) is 10.2 Å². The van der Waals surface area contributed by atoms with Gasteiger partial charge in [0.2, 0.25) is 5.91 Å². The number of nitrogens with one attached hydrogen (secondary N) is 1. The number of nitrogens with zero attached hydrogens (tertiary/aromatic N) is 4. The first-order valence-electron chi connectivity index (χ1n) is 8.90. The van der Waals surface area contributed by atoms with Gasteiger partial charge in [-0.05, 0) is 38.0 Å². The van der Waals surface area contributed by atoms with Crippen molar-refractivity contribution in [1.29, 1.82) is 0 Å². The second-order valence-corrected chi connectivity index (χ2v) is 8.21. The van der Waals surface area contributed by atoms with E-state index in [1.807, 2.05) is 19.9 Å². The van der Waals surface area contributed by atoms with E-state index >= 15 is 0 Å². The van der Waals surface area contributed by atoms with E-state index in [2.05, 4.69) is 15.5 Å². The minimum atomic E-state index is -0.530. The Morgan fingerprint density at radius 3 is 2.41 bits per heavy atom. The Balaban J connectivity index is 1.78. The van der Waals surface area contributed by atoms with Gasteiger partial charge in [-0.25, -0.2) is 0 Å². The van der Waals surface area contributed by atoms with Crippen LogP contribution in [0.3, 0.4) is 0 Å². The van der Waals surface area contributed by atoms with Crippen LogP contribution in [0, 0.1) is 13.8 Å². The number of carbonyl (C=O) groups excluding carboxylic acids is 1. The standard InChI is InChI=1S/C19H19Cl4N5O/c1-4-16(28-11(3)17(23)10(2)25-28)19(29)24-18-15(22)9-27(26-18)8-12-5-6-13(20)14(21)7-12/h5-7,9,16H,4,8H2,1-3H3,(H,24,26,29). The van der Waals surface area contributed by atoms with Crippen LogP contribution in [0.5, 0.6) is 0 Å². The predicted octanol–water partition coefficient (Wildman–Crippen LogP) is 5.95. The van der Waals surface area contributed by atoms with E-state index in [0.29, 0.717) is 38.8 Å². The zero-order valence-electron chi connectivity index (χ0n) is 16.0. The smallest absolute Gasteiger partial charge is 0.250 e. The van der Waals surface area contributed by atoms with Crippen LogP contribution in [0.15, 0.2) is 24.4 Å². The molecule has 0 saturated heterocycles. The first-order valence-corrected chi connectivity index (χ1v) is 10.4. The Hall–Kier alpha value is -1.73. The van der Waals surface area contributed by atoms with Crippen molar-refractivity contribution in [3.05, 3.63) is 61.4 Å². The van der Waals surface area contributed by atoms with E-state index in [0.717, 1.165) is 11.3 Å². The summed E-state index contributed by atoms with van der Waals surface area (Å²) in [5, 5.41) is 13.4. The zero-order valence-corrected chi connectivity index (χ0v) is 19.0. The molecule has 0 aliphatic heterocycles. The van der Waals surface area contributed by atoms with Gasteiger partial charge in [0.25, 0.3) is 0 Å². The van der Waals surface area contributed by atoms with Crippen molar-refractivity contribution in [3.63, 3.8) is 0 Å². The van der Waals surface area contributed by atoms with Crippen molar-refractivity contribution >= 4 is 58.1 Å². The summed E-state index contributed by atoms with van der Waals surface area (Å²) in [6.45, 7) is 5.96. The zero-order chi connectivity index (χ0) is 21.3. The van der Waals surface area contributed by atoms with Gasteiger partial charge in [0, 0.05) is 6.20 Å². The maximum atomic E-state index is 12.9. The average Bonchev–Trinajstić information content (AvgIpc) is 3.13. The second kappa shape index (κ2) is 8.96. The first-order chi connectivity index (χ1) is 13.7. The molecular weight excluding hydrogens is 456 g/mol. The molecule has 2 heterocycles. The Bertz CT molecular complexity index is 1060. The number of aryl methyl sites for hydroxylation is 1. The highest BCUT2D eigenvalue weighted by atomic mass is 35.5. The molecular formula is C19H19Cl4N5O. The molecule has 3 rings (SSSR count). The highest BCUT2D eigenvalue weighted by Gasteiger charge is 2.24. The summed E-state index contributed by atoms with van der Waals surface area (Å²) in [5.41, 5.74) is 2.32. The lowest BCUT2D eigenvalue weighted by molar-refractivity contribution is -0.119. The largest absolute Gasteiger partial charge is 0.306 e. The molecule has 2 aromatic heterocycles. The number of rotatable bonds is 6. The van der Waals surface area contributed by atoms with Gasteiger partial charge < -0.3 is 5.32 Å². The van der Waals surface area contributed by atoms with Gasteiger partial charge in [0.05, 0.1) is 33.0 Å². The lowest BCUT2D eigenvalue weighted by Crippen LogP contribution is -2.27. The van der Waals surface area contributed by atoms with E-state index in [9.17, 15) is 4.79 Å². The first kappa shape index (κ1) is 22.0. The summed E-state index contributed by atoms with van der Waals surface area (Å²) >= 11 is 24.5. The number of benzene rings is 1. The fraction of sp³-hybridized carbons (Fsp3) is 0.316. The second-order valence-electron chi connectivity index (χ2n) is 6.61. The van der Waals surface area contributed by atoms with Crippen molar-refractivity contribution < 1.29 is 4.79 Å². The van der Waals surface area contributed by atoms with Gasteiger partial charge >= 0.3 is 0 Å². The van der Waals surface area contributed by atoms with Crippen LogP contribution in [-0.2, 0) is 11.3 Å². The lowest BCUT2D eigenvalue weighted by Gasteiger charge is -2.16. The monoisotopic (exact) mass is 473 g/mol. The molecule has 0 spiro atoms. The van der Waals surface area contributed by atoms with E-state index in [1.54, 1.807) is 34.6 Å². The van der Waals surface area contributed by atoms with Crippen LogP contribution >= 0.6 is 46.4 Å². The molecule has 10 heteroatoms. The van der Waals surface area contributed by atoms with Crippen LogP contribution in [-0.4, -0.2) is 25.5 Å². The van der Waals surface area contributed by atoms with Crippen molar-refractivity contribution in [2.45, 2.75) is 39.8 Å². The third-order valence-corrected chi connectivity index (χ3v) is 6.07. The number of carbonyl (C=O) groups is 1. The molecule has 29 heavy (non-hydrogen) atoms. The fourth-order valence-electron chi connectivity index (χ4n) is 3.00. The Morgan fingerprint density at radius 2 is 1.83 bits per heavy atom. The summed E-state index contributed by atoms with van der Waals surface area (Å²) in [6.07, 6.45) is 2.17. The van der Waals surface area contributed by atoms with E-state index in [4.69, 9.17) is 46.4 Å². The highest BCUT2D eigenvalue weighted by molar-refractivity contribution is 6.42. The van der Waals surface area contributed by atoms with Gasteiger partial charge in [-0.1, -0.05) is 59.4 Å². The van der Waals surface area contributed by atoms with Gasteiger partial charge in [0.1, 0.15) is 11.1 Å². The van der Waals surface area contributed by atoms with Gasteiger partial charge in [-0.15, -0.1) is 0 Å². The molecule has 1 aromatic carbocycles. The van der Waals surface area contributed by atoms with Crippen LogP contribution in [0.1, 0.15) is 36.3 Å². The molecule has 0 aliphatic rings. The van der Waals surface area contributed by atoms with Crippen molar-refractivity contribution in [2.75, 3.05) is 5.32 Å². The molecule has 6 nitrogen and oxygen atoms in total. The molecule has 0 radical (unpaired) electrons. The number of aromatic nitrogens is 4. The maximum Gasteiger partial charge on any atom is 0.250 e. The number of amides is 1. The Kier molecular flexibility index (Phi) is 6.79. The fourth-order valence-corrected chi connectivity index (χ4v) is 3.65. The molecule has 0 aliphatic carbocycles. The molecule has 1 atom stereocenters. The van der Waals surface area contributed by atoms with E-state index < -0.39 is 6.04 Å². The number of halogens is 4. The quantitative estimate of drug-likeness (QED) is 0.480. The van der Waals surface area contributed by atoms with Crippen LogP contribution in [0.25, 0.3) is 0 Å². The molecule has 0 saturated carbocycles. The predicted molar refractivity (Wildman–Crippen MR) is 117 cm³/mol. The average molecular weight is 475 g/mol. The van der Waals surface area contributed by atoms with Crippen molar-refractivity contribution in [1.82, 2.24) is 19.6 Å². The number of anilines is 1. The molecule has 3 aromatic rings. The minimum Gasteiger partial charge on any atom is -0.306 e. The third kappa shape index (κ3) is 4.72. The molecule has 0 bridgehead atoms. The summed E-state index contributed by atoms with van der Waals surface area (Å²) in [7, 11) is 0. The normalized spacial score (nSPS) is 12.2. The number of hydrogen-bond acceptors (Lipinski definition) is 3. The van der Waals surface area contributed by atoms with Crippen LogP contribution in [0.2, 0.25) is 20.1 Å². The highest BCUT2D eigenvalue weighted by Crippen LogP contribution is 2.27. The molecule has 1 amide bonds. The summed E-state index contributed by atoms with van der Waals surface area (Å²) in [4.78, 5) is 12.9. The minimum absolute atomic E-state index is 0.267. The Morgan fingerprint density at radius 1 is 1.10 bits per heavy atom. The lowest BCUT2D eigenvalue weighted by atomic mass is 10.2. The molecule has 154 valence electrons. The van der Waals surface area contributed by atoms with Crippen LogP contribution < -0.4 is 5.32 Å². The Labute approximate surface area is 188 Å². The van der Waals surface area contributed by atoms with E-state index in [1.165, 1.54) is 0 Å². The summed E-state index contributed by atoms with van der Waals surface area (Å²) in [5.74, 6) is 0.0132.